The molecule has 100 valence electrons. The number of benzene rings is 1. The minimum absolute atomic E-state index is 0.107. The predicted octanol–water partition coefficient (Wildman–Crippen LogP) is 3.54. The minimum Gasteiger partial charge on any atom is -0.294 e. The first-order valence-corrected chi connectivity index (χ1v) is 6.82. The summed E-state index contributed by atoms with van der Waals surface area (Å²) in [6, 6.07) is 6.24. The molecule has 3 nitrogen and oxygen atoms in total. The summed E-state index contributed by atoms with van der Waals surface area (Å²) in [7, 11) is 0. The van der Waals surface area contributed by atoms with E-state index in [4.69, 9.17) is 0 Å². The number of nitrogens with zero attached hydrogens (tertiary/aromatic N) is 2. The summed E-state index contributed by atoms with van der Waals surface area (Å²) in [5.41, 5.74) is 1.78. The van der Waals surface area contributed by atoms with Gasteiger partial charge in [0.15, 0.2) is 5.78 Å². The van der Waals surface area contributed by atoms with Crippen molar-refractivity contribution in [3.8, 4) is 0 Å². The second-order valence-electron chi connectivity index (χ2n) is 4.32. The van der Waals surface area contributed by atoms with Gasteiger partial charge in [-0.1, -0.05) is 15.9 Å². The van der Waals surface area contributed by atoms with Gasteiger partial charge in [0, 0.05) is 16.7 Å². The molecule has 0 amide bonds. The number of rotatable bonds is 4. The fourth-order valence-corrected chi connectivity index (χ4v) is 2.35. The lowest BCUT2D eigenvalue weighted by Gasteiger charge is -2.05. The lowest BCUT2D eigenvalue weighted by Crippen LogP contribution is -2.11. The minimum atomic E-state index is -0.493. The number of Topliss-reactive ketones (excluding diaryl/α,β-unsaturated/α-hetero) is 1. The smallest absolute Gasteiger partial charge is 0.171 e. The number of carbonyl (C=O) groups is 1. The van der Waals surface area contributed by atoms with Crippen LogP contribution in [0.5, 0.6) is 0 Å². The van der Waals surface area contributed by atoms with Crippen molar-refractivity contribution in [1.29, 1.82) is 0 Å². The number of aryl methyl sites for hydroxylation is 2. The number of carbonyl (C=O) groups excluding carboxylic acids is 1. The molecule has 0 N–H and O–H groups in total. The molecule has 0 spiro atoms. The van der Waals surface area contributed by atoms with Crippen molar-refractivity contribution in [3.05, 3.63) is 51.5 Å². The number of hydrogen-bond donors (Lipinski definition) is 0. The van der Waals surface area contributed by atoms with Crippen LogP contribution in [0.1, 0.15) is 28.7 Å². The van der Waals surface area contributed by atoms with E-state index < -0.39 is 5.82 Å². The largest absolute Gasteiger partial charge is 0.294 e. The van der Waals surface area contributed by atoms with Crippen molar-refractivity contribution in [2.75, 3.05) is 0 Å². The Morgan fingerprint density at radius 1 is 1.42 bits per heavy atom. The van der Waals surface area contributed by atoms with Gasteiger partial charge in [-0.25, -0.2) is 4.39 Å². The molecule has 0 radical (unpaired) electrons. The average molecular weight is 325 g/mol. The molecule has 0 fully saturated rings. The van der Waals surface area contributed by atoms with Crippen molar-refractivity contribution in [2.45, 2.75) is 26.8 Å². The summed E-state index contributed by atoms with van der Waals surface area (Å²) in [6.07, 6.45) is 0.155. The zero-order chi connectivity index (χ0) is 14.0. The molecular formula is C14H14BrFN2O. The Kier molecular flexibility index (Phi) is 4.14. The van der Waals surface area contributed by atoms with Crippen molar-refractivity contribution >= 4 is 21.7 Å². The normalized spacial score (nSPS) is 10.7. The van der Waals surface area contributed by atoms with Gasteiger partial charge in [-0.05, 0) is 38.1 Å². The van der Waals surface area contributed by atoms with E-state index >= 15 is 0 Å². The fourth-order valence-electron chi connectivity index (χ4n) is 1.99. The second-order valence-corrected chi connectivity index (χ2v) is 5.23. The molecule has 2 aromatic rings. The topological polar surface area (TPSA) is 34.9 Å². The van der Waals surface area contributed by atoms with Gasteiger partial charge in [-0.3, -0.25) is 9.48 Å². The first kappa shape index (κ1) is 13.9. The maximum atomic E-state index is 13.6. The maximum Gasteiger partial charge on any atom is 0.171 e. The Hall–Kier alpha value is -1.49. The van der Waals surface area contributed by atoms with E-state index in [9.17, 15) is 9.18 Å². The van der Waals surface area contributed by atoms with Crippen LogP contribution in [0, 0.1) is 12.7 Å². The van der Waals surface area contributed by atoms with Gasteiger partial charge in [0.2, 0.25) is 0 Å². The number of aromatic nitrogens is 2. The molecule has 0 aliphatic carbocycles. The Labute approximate surface area is 119 Å². The van der Waals surface area contributed by atoms with Crippen LogP contribution in [0.3, 0.4) is 0 Å². The molecule has 0 aliphatic rings. The Morgan fingerprint density at radius 2 is 2.16 bits per heavy atom. The van der Waals surface area contributed by atoms with Crippen LogP contribution in [-0.4, -0.2) is 15.6 Å². The highest BCUT2D eigenvalue weighted by Crippen LogP contribution is 2.18. The zero-order valence-corrected chi connectivity index (χ0v) is 12.4. The summed E-state index contributed by atoms with van der Waals surface area (Å²) >= 11 is 3.25. The third kappa shape index (κ3) is 3.10. The molecular weight excluding hydrogens is 311 g/mol. The molecule has 0 atom stereocenters. The van der Waals surface area contributed by atoms with Crippen molar-refractivity contribution < 1.29 is 9.18 Å². The van der Waals surface area contributed by atoms with E-state index in [0.29, 0.717) is 11.0 Å². The highest BCUT2D eigenvalue weighted by atomic mass is 79.9. The predicted molar refractivity (Wildman–Crippen MR) is 74.8 cm³/mol. The third-order valence-electron chi connectivity index (χ3n) is 2.86. The number of halogens is 2. The van der Waals surface area contributed by atoms with Crippen LogP contribution in [0.4, 0.5) is 4.39 Å². The van der Waals surface area contributed by atoms with Crippen LogP contribution < -0.4 is 0 Å². The summed E-state index contributed by atoms with van der Waals surface area (Å²) in [4.78, 5) is 12.2. The molecule has 1 aromatic carbocycles. The summed E-state index contributed by atoms with van der Waals surface area (Å²) in [5.74, 6) is -0.735. The molecule has 5 heteroatoms. The van der Waals surface area contributed by atoms with Crippen molar-refractivity contribution in [3.63, 3.8) is 0 Å². The van der Waals surface area contributed by atoms with E-state index in [1.54, 1.807) is 10.7 Å². The molecule has 19 heavy (non-hydrogen) atoms. The number of hydrogen-bond acceptors (Lipinski definition) is 2. The number of ketones is 1. The molecule has 0 saturated carbocycles. The van der Waals surface area contributed by atoms with E-state index in [1.165, 1.54) is 12.1 Å². The highest BCUT2D eigenvalue weighted by molar-refractivity contribution is 9.10. The van der Waals surface area contributed by atoms with Gasteiger partial charge in [0.1, 0.15) is 5.82 Å². The SMILES string of the molecule is CCn1nc(C)cc1CC(=O)c1cc(Br)ccc1F. The average Bonchev–Trinajstić information content (AvgIpc) is 2.72. The first-order chi connectivity index (χ1) is 9.01. The van der Waals surface area contributed by atoms with E-state index in [1.807, 2.05) is 19.9 Å². The molecule has 0 aliphatic heterocycles. The van der Waals surface area contributed by atoms with Crippen LogP contribution in [-0.2, 0) is 13.0 Å². The van der Waals surface area contributed by atoms with Crippen molar-refractivity contribution in [2.24, 2.45) is 0 Å². The molecule has 2 rings (SSSR count). The van der Waals surface area contributed by atoms with Gasteiger partial charge in [0.25, 0.3) is 0 Å². The summed E-state index contributed by atoms with van der Waals surface area (Å²) in [6.45, 7) is 4.53. The van der Waals surface area contributed by atoms with Gasteiger partial charge in [-0.15, -0.1) is 0 Å². The van der Waals surface area contributed by atoms with Crippen molar-refractivity contribution in [1.82, 2.24) is 9.78 Å². The molecule has 0 bridgehead atoms. The Bertz CT molecular complexity index is 622. The van der Waals surface area contributed by atoms with Crippen LogP contribution in [0.25, 0.3) is 0 Å². The van der Waals surface area contributed by atoms with Crippen LogP contribution in [0.15, 0.2) is 28.7 Å². The maximum absolute atomic E-state index is 13.6. The standard InChI is InChI=1S/C14H14BrFN2O/c1-3-18-11(6-9(2)17-18)8-14(19)12-7-10(15)4-5-13(12)16/h4-7H,3,8H2,1-2H3. The summed E-state index contributed by atoms with van der Waals surface area (Å²) in [5, 5.41) is 4.28. The summed E-state index contributed by atoms with van der Waals surface area (Å²) < 4.78 is 16.1. The third-order valence-corrected chi connectivity index (χ3v) is 3.35. The first-order valence-electron chi connectivity index (χ1n) is 6.03. The van der Waals surface area contributed by atoms with Crippen LogP contribution in [0.2, 0.25) is 0 Å². The van der Waals surface area contributed by atoms with E-state index in [0.717, 1.165) is 11.4 Å². The quantitative estimate of drug-likeness (QED) is 0.806. The highest BCUT2D eigenvalue weighted by Gasteiger charge is 2.15. The second kappa shape index (κ2) is 5.65. The van der Waals surface area contributed by atoms with Gasteiger partial charge in [-0.2, -0.15) is 5.10 Å². The molecule has 0 unspecified atom stereocenters. The Morgan fingerprint density at radius 3 is 2.84 bits per heavy atom. The van der Waals surface area contributed by atoms with E-state index in [-0.39, 0.29) is 17.8 Å². The lowest BCUT2D eigenvalue weighted by molar-refractivity contribution is 0.0986. The van der Waals surface area contributed by atoms with Gasteiger partial charge >= 0.3 is 0 Å². The monoisotopic (exact) mass is 324 g/mol. The van der Waals surface area contributed by atoms with E-state index in [2.05, 4.69) is 21.0 Å². The fraction of sp³-hybridized carbons (Fsp3) is 0.286. The molecule has 1 heterocycles. The van der Waals surface area contributed by atoms with Crippen LogP contribution >= 0.6 is 15.9 Å². The lowest BCUT2D eigenvalue weighted by atomic mass is 10.1. The van der Waals surface area contributed by atoms with Gasteiger partial charge in [0.05, 0.1) is 17.7 Å². The molecule has 1 aromatic heterocycles. The molecule has 0 saturated heterocycles. The van der Waals surface area contributed by atoms with Gasteiger partial charge < -0.3 is 0 Å². The Balaban J connectivity index is 2.27. The zero-order valence-electron chi connectivity index (χ0n) is 10.8.